The van der Waals surface area contributed by atoms with Crippen LogP contribution in [0, 0.1) is 5.82 Å². The zero-order chi connectivity index (χ0) is 30.5. The van der Waals surface area contributed by atoms with Crippen molar-refractivity contribution in [1.82, 2.24) is 14.4 Å². The van der Waals surface area contributed by atoms with Crippen molar-refractivity contribution in [1.29, 1.82) is 0 Å². The Morgan fingerprint density at radius 1 is 0.911 bits per heavy atom. The number of ether oxygens (including phenoxy) is 2. The smallest absolute Gasteiger partial charge is 0.259 e. The Kier molecular flexibility index (Phi) is 6.99. The fraction of sp³-hybridized carbons (Fsp3) is 0.278. The summed E-state index contributed by atoms with van der Waals surface area (Å²) in [4.78, 5) is 31.7. The molecule has 1 N–H and O–H groups in total. The van der Waals surface area contributed by atoms with Crippen molar-refractivity contribution in [3.63, 3.8) is 0 Å². The van der Waals surface area contributed by atoms with E-state index in [1.165, 1.54) is 11.6 Å². The second kappa shape index (κ2) is 11.3. The Balaban J connectivity index is 1.21. The molecule has 0 aliphatic carbocycles. The predicted molar refractivity (Wildman–Crippen MR) is 172 cm³/mol. The van der Waals surface area contributed by atoms with Gasteiger partial charge < -0.3 is 24.3 Å². The van der Waals surface area contributed by atoms with Gasteiger partial charge >= 0.3 is 0 Å². The number of aromatic nitrogens is 1. The van der Waals surface area contributed by atoms with E-state index in [-0.39, 0.29) is 34.3 Å². The molecular formula is C36H33FN4O4. The fourth-order valence-corrected chi connectivity index (χ4v) is 6.88. The highest BCUT2D eigenvalue weighted by Crippen LogP contribution is 2.47. The number of nitrogens with zero attached hydrogens (tertiary/aromatic N) is 3. The van der Waals surface area contributed by atoms with Gasteiger partial charge in [0.15, 0.2) is 17.3 Å². The summed E-state index contributed by atoms with van der Waals surface area (Å²) < 4.78 is 29.9. The molecule has 0 unspecified atom stereocenters. The maximum absolute atomic E-state index is 16.1. The molecule has 9 heteroatoms. The third kappa shape index (κ3) is 4.92. The van der Waals surface area contributed by atoms with E-state index in [0.717, 1.165) is 43.2 Å². The van der Waals surface area contributed by atoms with Crippen LogP contribution in [0.4, 0.5) is 10.1 Å². The van der Waals surface area contributed by atoms with Crippen LogP contribution in [0.2, 0.25) is 0 Å². The first-order chi connectivity index (χ1) is 22.0. The average Bonchev–Trinajstić information content (AvgIpc) is 3.08. The molecule has 8 nitrogen and oxygen atoms in total. The predicted octanol–water partition coefficient (Wildman–Crippen LogP) is 5.94. The lowest BCUT2D eigenvalue weighted by Gasteiger charge is -2.34. The van der Waals surface area contributed by atoms with Crippen molar-refractivity contribution >= 4 is 33.3 Å². The first-order valence-corrected chi connectivity index (χ1v) is 15.6. The number of hydrogen-bond donors (Lipinski definition) is 1. The van der Waals surface area contributed by atoms with E-state index in [1.54, 1.807) is 11.1 Å². The number of piperidine rings is 1. The lowest BCUT2D eigenvalue weighted by molar-refractivity contribution is 0.0302. The van der Waals surface area contributed by atoms with E-state index in [2.05, 4.69) is 34.5 Å². The van der Waals surface area contributed by atoms with Crippen LogP contribution in [0.25, 0.3) is 27.4 Å². The zero-order valence-electron chi connectivity index (χ0n) is 24.8. The lowest BCUT2D eigenvalue weighted by atomic mass is 10.0. The van der Waals surface area contributed by atoms with E-state index in [0.29, 0.717) is 43.3 Å². The van der Waals surface area contributed by atoms with Crippen molar-refractivity contribution in [3.05, 3.63) is 106 Å². The van der Waals surface area contributed by atoms with Crippen molar-refractivity contribution in [2.45, 2.75) is 25.4 Å². The Morgan fingerprint density at radius 2 is 1.67 bits per heavy atom. The standard InChI is InChI=1S/C36H33FN4O4/c37-29-20-27-33-35(31(29)38-25-12-14-39(15-13-25)21-23-6-2-1-3-7-23)45-30-11-10-24-8-4-5-9-26(24)32(30)41(33)22-28(34(27)42)36(43)40-16-18-44-19-17-40/h1-11,20,22,25,38H,12-19,21H2. The lowest BCUT2D eigenvalue weighted by Crippen LogP contribution is -2.42. The summed E-state index contributed by atoms with van der Waals surface area (Å²) in [5.41, 5.74) is 2.18. The highest BCUT2D eigenvalue weighted by Gasteiger charge is 2.32. The van der Waals surface area contributed by atoms with E-state index in [9.17, 15) is 9.59 Å². The quantitative estimate of drug-likeness (QED) is 0.263. The normalized spacial score (nSPS) is 16.9. The van der Waals surface area contributed by atoms with Gasteiger partial charge in [0.2, 0.25) is 5.43 Å². The molecule has 45 heavy (non-hydrogen) atoms. The molecule has 2 fully saturated rings. The molecule has 1 amide bonds. The van der Waals surface area contributed by atoms with Crippen molar-refractivity contribution in [2.75, 3.05) is 44.7 Å². The third-order valence-electron chi connectivity index (χ3n) is 9.23. The van der Waals surface area contributed by atoms with Crippen LogP contribution in [-0.4, -0.2) is 65.7 Å². The van der Waals surface area contributed by atoms with Gasteiger partial charge in [0.05, 0.1) is 24.3 Å². The fourth-order valence-electron chi connectivity index (χ4n) is 6.88. The van der Waals surface area contributed by atoms with Gasteiger partial charge in [-0.05, 0) is 35.9 Å². The number of likely N-dealkylation sites (tertiary alicyclic amines) is 1. The minimum Gasteiger partial charge on any atom is -0.451 e. The topological polar surface area (TPSA) is 76.0 Å². The molecule has 2 saturated heterocycles. The van der Waals surface area contributed by atoms with Gasteiger partial charge in [0.1, 0.15) is 16.8 Å². The van der Waals surface area contributed by atoms with Crippen LogP contribution in [0.1, 0.15) is 28.8 Å². The first kappa shape index (κ1) is 27.8. The molecule has 0 radical (unpaired) electrons. The molecule has 3 aliphatic rings. The van der Waals surface area contributed by atoms with Gasteiger partial charge in [-0.3, -0.25) is 14.5 Å². The average molecular weight is 605 g/mol. The van der Waals surface area contributed by atoms with Gasteiger partial charge in [-0.2, -0.15) is 0 Å². The highest BCUT2D eigenvalue weighted by molar-refractivity contribution is 6.04. The molecule has 4 heterocycles. The van der Waals surface area contributed by atoms with E-state index >= 15 is 4.39 Å². The number of hydrogen-bond acceptors (Lipinski definition) is 6. The molecular weight excluding hydrogens is 571 g/mol. The monoisotopic (exact) mass is 604 g/mol. The Morgan fingerprint density at radius 3 is 2.47 bits per heavy atom. The molecule has 228 valence electrons. The van der Waals surface area contributed by atoms with E-state index in [1.807, 2.05) is 47.0 Å². The van der Waals surface area contributed by atoms with Crippen molar-refractivity contribution in [3.8, 4) is 17.2 Å². The number of anilines is 1. The molecule has 5 aromatic rings. The van der Waals surface area contributed by atoms with Crippen LogP contribution in [0.3, 0.4) is 0 Å². The minimum atomic E-state index is -0.576. The van der Waals surface area contributed by atoms with Gasteiger partial charge in [0, 0.05) is 50.3 Å². The Bertz CT molecular complexity index is 2000. The summed E-state index contributed by atoms with van der Waals surface area (Å²) >= 11 is 0. The summed E-state index contributed by atoms with van der Waals surface area (Å²) in [5, 5.41) is 5.45. The summed E-state index contributed by atoms with van der Waals surface area (Å²) in [6.45, 7) is 4.25. The van der Waals surface area contributed by atoms with E-state index in [4.69, 9.17) is 9.47 Å². The highest BCUT2D eigenvalue weighted by atomic mass is 19.1. The Hall–Kier alpha value is -4.73. The number of rotatable bonds is 5. The molecule has 0 bridgehead atoms. The number of carbonyl (C=O) groups is 1. The molecule has 8 rings (SSSR count). The van der Waals surface area contributed by atoms with Crippen LogP contribution >= 0.6 is 0 Å². The molecule has 3 aliphatic heterocycles. The second-order valence-corrected chi connectivity index (χ2v) is 12.0. The zero-order valence-corrected chi connectivity index (χ0v) is 24.8. The van der Waals surface area contributed by atoms with Crippen LogP contribution in [0.5, 0.6) is 11.5 Å². The summed E-state index contributed by atoms with van der Waals surface area (Å²) in [6, 6.07) is 23.4. The summed E-state index contributed by atoms with van der Waals surface area (Å²) in [6.07, 6.45) is 3.29. The minimum absolute atomic E-state index is 0.00188. The van der Waals surface area contributed by atoms with E-state index < -0.39 is 11.2 Å². The number of pyridine rings is 1. The molecule has 0 spiro atoms. The van der Waals surface area contributed by atoms with Gasteiger partial charge in [-0.15, -0.1) is 0 Å². The van der Waals surface area contributed by atoms with Crippen LogP contribution in [-0.2, 0) is 11.3 Å². The van der Waals surface area contributed by atoms with Gasteiger partial charge in [0.25, 0.3) is 5.91 Å². The number of halogens is 1. The molecule has 0 atom stereocenters. The molecule has 1 aromatic heterocycles. The number of fused-ring (bicyclic) bond motifs is 4. The summed E-state index contributed by atoms with van der Waals surface area (Å²) in [7, 11) is 0. The van der Waals surface area contributed by atoms with Gasteiger partial charge in [-0.1, -0.05) is 60.7 Å². The number of benzene rings is 4. The second-order valence-electron chi connectivity index (χ2n) is 12.0. The number of nitrogens with one attached hydrogen (secondary N) is 1. The van der Waals surface area contributed by atoms with Crippen molar-refractivity contribution in [2.24, 2.45) is 0 Å². The van der Waals surface area contributed by atoms with Crippen LogP contribution in [0.15, 0.2) is 83.8 Å². The Labute approximate surface area is 259 Å². The third-order valence-corrected chi connectivity index (χ3v) is 9.23. The first-order valence-electron chi connectivity index (χ1n) is 15.6. The number of carbonyl (C=O) groups excluding carboxylic acids is 1. The van der Waals surface area contributed by atoms with Gasteiger partial charge in [-0.25, -0.2) is 4.39 Å². The maximum atomic E-state index is 16.1. The molecule has 0 saturated carbocycles. The summed E-state index contributed by atoms with van der Waals surface area (Å²) in [5.74, 6) is -0.161. The van der Waals surface area contributed by atoms with Crippen molar-refractivity contribution < 1.29 is 18.7 Å². The number of amides is 1. The largest absolute Gasteiger partial charge is 0.451 e. The van der Waals surface area contributed by atoms with Crippen LogP contribution < -0.4 is 15.5 Å². The molecule has 4 aromatic carbocycles. The number of morpholine rings is 1. The SMILES string of the molecule is O=C(c1cn2c3c(c(NC4CCN(Cc5ccccc5)CC4)c(F)cc3c1=O)Oc1ccc3ccccc3c1-2)N1CCOCC1. The maximum Gasteiger partial charge on any atom is 0.259 e.